The average Bonchev–Trinajstić information content (AvgIpc) is 2.93. The third-order valence-electron chi connectivity index (χ3n) is 5.72. The van der Waals surface area contributed by atoms with Crippen LogP contribution in [0, 0.1) is 0 Å². The summed E-state index contributed by atoms with van der Waals surface area (Å²) in [6.45, 7) is 7.23. The smallest absolute Gasteiger partial charge is 0.319 e. The maximum absolute atomic E-state index is 12.4. The standard InChI is InChI=1S/C21H34N4O/c1-18-10-6-9-14-24(18)17-13-22-21(26)23-19-11-4-5-12-20(19)25-15-7-2-3-8-16-25/h4-5,11-12,18H,2-3,6-10,13-17H2,1H3,(H2,22,23,26). The van der Waals surface area contributed by atoms with Gasteiger partial charge in [-0.05, 0) is 51.3 Å². The maximum atomic E-state index is 12.4. The van der Waals surface area contributed by atoms with Gasteiger partial charge in [0.15, 0.2) is 0 Å². The van der Waals surface area contributed by atoms with Crippen molar-refractivity contribution >= 4 is 17.4 Å². The summed E-state index contributed by atoms with van der Waals surface area (Å²) < 4.78 is 0. The largest absolute Gasteiger partial charge is 0.370 e. The molecule has 0 aromatic heterocycles. The van der Waals surface area contributed by atoms with Crippen molar-refractivity contribution in [2.45, 2.75) is 57.9 Å². The van der Waals surface area contributed by atoms with Crippen LogP contribution < -0.4 is 15.5 Å². The topological polar surface area (TPSA) is 47.6 Å². The first-order valence-corrected chi connectivity index (χ1v) is 10.4. The molecule has 2 saturated heterocycles. The summed E-state index contributed by atoms with van der Waals surface area (Å²) >= 11 is 0. The van der Waals surface area contributed by atoms with Crippen LogP contribution in [0.2, 0.25) is 0 Å². The summed E-state index contributed by atoms with van der Waals surface area (Å²) in [4.78, 5) is 17.3. The Labute approximate surface area is 158 Å². The molecule has 0 aliphatic carbocycles. The van der Waals surface area contributed by atoms with E-state index in [0.29, 0.717) is 12.6 Å². The molecule has 2 fully saturated rings. The highest BCUT2D eigenvalue weighted by Gasteiger charge is 2.18. The zero-order chi connectivity index (χ0) is 18.2. The van der Waals surface area contributed by atoms with Gasteiger partial charge >= 0.3 is 6.03 Å². The fourth-order valence-electron chi connectivity index (χ4n) is 4.14. The van der Waals surface area contributed by atoms with Crippen LogP contribution in [0.4, 0.5) is 16.2 Å². The lowest BCUT2D eigenvalue weighted by molar-refractivity contribution is 0.162. The van der Waals surface area contributed by atoms with Gasteiger partial charge < -0.3 is 15.5 Å². The first kappa shape index (κ1) is 19.0. The number of piperidine rings is 1. The van der Waals surface area contributed by atoms with E-state index in [2.05, 4.69) is 39.5 Å². The van der Waals surface area contributed by atoms with E-state index in [4.69, 9.17) is 0 Å². The van der Waals surface area contributed by atoms with E-state index in [1.165, 1.54) is 44.9 Å². The molecule has 0 spiro atoms. The molecule has 1 unspecified atom stereocenters. The normalized spacial score (nSPS) is 21.9. The third kappa shape index (κ3) is 5.37. The zero-order valence-electron chi connectivity index (χ0n) is 16.2. The van der Waals surface area contributed by atoms with Crippen LogP contribution in [0.25, 0.3) is 0 Å². The fraction of sp³-hybridized carbons (Fsp3) is 0.667. The number of carbonyl (C=O) groups is 1. The van der Waals surface area contributed by atoms with Gasteiger partial charge in [0.05, 0.1) is 11.4 Å². The molecular weight excluding hydrogens is 324 g/mol. The number of carbonyl (C=O) groups excluding carboxylic acids is 1. The Morgan fingerprint density at radius 3 is 2.54 bits per heavy atom. The summed E-state index contributed by atoms with van der Waals surface area (Å²) in [7, 11) is 0. The summed E-state index contributed by atoms with van der Waals surface area (Å²) in [5, 5.41) is 6.10. The van der Waals surface area contributed by atoms with Crippen LogP contribution in [0.5, 0.6) is 0 Å². The lowest BCUT2D eigenvalue weighted by atomic mass is 10.0. The van der Waals surface area contributed by atoms with E-state index < -0.39 is 0 Å². The second-order valence-electron chi connectivity index (χ2n) is 7.68. The molecule has 2 aliphatic heterocycles. The van der Waals surface area contributed by atoms with Crippen molar-refractivity contribution in [1.82, 2.24) is 10.2 Å². The highest BCUT2D eigenvalue weighted by atomic mass is 16.2. The molecule has 2 aliphatic rings. The molecule has 2 heterocycles. The molecule has 3 rings (SSSR count). The lowest BCUT2D eigenvalue weighted by Crippen LogP contribution is -2.43. The van der Waals surface area contributed by atoms with Crippen LogP contribution in [0.1, 0.15) is 51.9 Å². The molecule has 2 amide bonds. The van der Waals surface area contributed by atoms with Gasteiger partial charge in [-0.2, -0.15) is 0 Å². The van der Waals surface area contributed by atoms with E-state index in [-0.39, 0.29) is 6.03 Å². The Bertz CT molecular complexity index is 569. The highest BCUT2D eigenvalue weighted by molar-refractivity contribution is 5.93. The van der Waals surface area contributed by atoms with Crippen molar-refractivity contribution in [3.63, 3.8) is 0 Å². The molecule has 26 heavy (non-hydrogen) atoms. The number of rotatable bonds is 5. The minimum absolute atomic E-state index is 0.100. The predicted molar refractivity (Wildman–Crippen MR) is 109 cm³/mol. The molecule has 1 aromatic rings. The van der Waals surface area contributed by atoms with E-state index in [9.17, 15) is 4.79 Å². The number of hydrogen-bond donors (Lipinski definition) is 2. The second kappa shape index (κ2) is 9.81. The molecule has 1 aromatic carbocycles. The van der Waals surface area contributed by atoms with E-state index in [1.807, 2.05) is 12.1 Å². The molecule has 5 heteroatoms. The minimum Gasteiger partial charge on any atom is -0.370 e. The van der Waals surface area contributed by atoms with Gasteiger partial charge in [0.25, 0.3) is 0 Å². The van der Waals surface area contributed by atoms with Gasteiger partial charge in [-0.1, -0.05) is 31.4 Å². The van der Waals surface area contributed by atoms with Crippen LogP contribution in [-0.2, 0) is 0 Å². The Balaban J connectivity index is 1.50. The van der Waals surface area contributed by atoms with E-state index in [0.717, 1.165) is 37.6 Å². The lowest BCUT2D eigenvalue weighted by Gasteiger charge is -2.33. The highest BCUT2D eigenvalue weighted by Crippen LogP contribution is 2.27. The average molecular weight is 359 g/mol. The number of nitrogens with one attached hydrogen (secondary N) is 2. The van der Waals surface area contributed by atoms with Crippen molar-refractivity contribution in [3.05, 3.63) is 24.3 Å². The van der Waals surface area contributed by atoms with Crippen molar-refractivity contribution in [2.75, 3.05) is 42.9 Å². The predicted octanol–water partition coefficient (Wildman–Crippen LogP) is 4.06. The van der Waals surface area contributed by atoms with Crippen LogP contribution in [0.3, 0.4) is 0 Å². The van der Waals surface area contributed by atoms with Crippen molar-refractivity contribution in [1.29, 1.82) is 0 Å². The van der Waals surface area contributed by atoms with E-state index >= 15 is 0 Å². The number of benzene rings is 1. The number of urea groups is 1. The number of amides is 2. The Kier molecular flexibility index (Phi) is 7.18. The van der Waals surface area contributed by atoms with Crippen LogP contribution >= 0.6 is 0 Å². The van der Waals surface area contributed by atoms with Gasteiger partial charge in [-0.25, -0.2) is 4.79 Å². The summed E-state index contributed by atoms with van der Waals surface area (Å²) in [6.07, 6.45) is 8.96. The van der Waals surface area contributed by atoms with Crippen LogP contribution in [-0.4, -0.2) is 49.7 Å². The summed E-state index contributed by atoms with van der Waals surface area (Å²) in [5.41, 5.74) is 2.06. The SMILES string of the molecule is CC1CCCCN1CCNC(=O)Nc1ccccc1N1CCCCCC1. The van der Waals surface area contributed by atoms with Gasteiger partial charge in [-0.3, -0.25) is 4.90 Å². The molecule has 144 valence electrons. The van der Waals surface area contributed by atoms with Crippen LogP contribution in [0.15, 0.2) is 24.3 Å². The van der Waals surface area contributed by atoms with Crippen molar-refractivity contribution in [2.24, 2.45) is 0 Å². The number of hydrogen-bond acceptors (Lipinski definition) is 3. The molecule has 2 N–H and O–H groups in total. The number of anilines is 2. The summed E-state index contributed by atoms with van der Waals surface area (Å²) in [6, 6.07) is 8.71. The van der Waals surface area contributed by atoms with Crippen molar-refractivity contribution < 1.29 is 4.79 Å². The quantitative estimate of drug-likeness (QED) is 0.834. The monoisotopic (exact) mass is 358 g/mol. The fourth-order valence-corrected chi connectivity index (χ4v) is 4.14. The first-order chi connectivity index (χ1) is 12.7. The molecule has 0 bridgehead atoms. The first-order valence-electron chi connectivity index (χ1n) is 10.4. The van der Waals surface area contributed by atoms with Gasteiger partial charge in [0.1, 0.15) is 0 Å². The van der Waals surface area contributed by atoms with Gasteiger partial charge in [0.2, 0.25) is 0 Å². The Morgan fingerprint density at radius 1 is 1.04 bits per heavy atom. The Hall–Kier alpha value is -1.75. The number of nitrogens with zero attached hydrogens (tertiary/aromatic N) is 2. The number of likely N-dealkylation sites (tertiary alicyclic amines) is 1. The minimum atomic E-state index is -0.100. The molecule has 0 saturated carbocycles. The van der Waals surface area contributed by atoms with Gasteiger partial charge in [0, 0.05) is 32.2 Å². The second-order valence-corrected chi connectivity index (χ2v) is 7.68. The van der Waals surface area contributed by atoms with E-state index in [1.54, 1.807) is 0 Å². The summed E-state index contributed by atoms with van der Waals surface area (Å²) in [5.74, 6) is 0. The molecular formula is C21H34N4O. The molecule has 5 nitrogen and oxygen atoms in total. The molecule has 1 atom stereocenters. The maximum Gasteiger partial charge on any atom is 0.319 e. The molecule has 0 radical (unpaired) electrons. The zero-order valence-corrected chi connectivity index (χ0v) is 16.2. The third-order valence-corrected chi connectivity index (χ3v) is 5.72. The Morgan fingerprint density at radius 2 is 1.77 bits per heavy atom. The van der Waals surface area contributed by atoms with Crippen molar-refractivity contribution in [3.8, 4) is 0 Å². The number of para-hydroxylation sites is 2. The van der Waals surface area contributed by atoms with Gasteiger partial charge in [-0.15, -0.1) is 0 Å².